The van der Waals surface area contributed by atoms with Crippen molar-refractivity contribution >= 4 is 44.4 Å². The van der Waals surface area contributed by atoms with Crippen molar-refractivity contribution in [3.8, 4) is 0 Å². The van der Waals surface area contributed by atoms with Gasteiger partial charge >= 0.3 is 0 Å². The molecule has 0 aliphatic carbocycles. The summed E-state index contributed by atoms with van der Waals surface area (Å²) in [5.74, 6) is 0.751. The molecule has 0 spiro atoms. The fraction of sp³-hybridized carbons (Fsp3) is 0.208. The summed E-state index contributed by atoms with van der Waals surface area (Å²) in [6, 6.07) is 22.0. The Morgan fingerprint density at radius 3 is 2.57 bits per heavy atom. The van der Waals surface area contributed by atoms with Crippen LogP contribution in [0.5, 0.6) is 0 Å². The molecule has 0 unspecified atom stereocenters. The number of thioether (sulfide) groups is 1. The van der Waals surface area contributed by atoms with E-state index < -0.39 is 0 Å². The number of para-hydroxylation sites is 1. The minimum Gasteiger partial charge on any atom is -0.281 e. The van der Waals surface area contributed by atoms with Crippen LogP contribution in [0.2, 0.25) is 0 Å². The summed E-state index contributed by atoms with van der Waals surface area (Å²) in [6.45, 7) is 4.74. The van der Waals surface area contributed by atoms with Gasteiger partial charge in [0.1, 0.15) is 0 Å². The SMILES string of the molecule is CC(C)c1cccc2sc(N(Cc3ccccn3)C(=O)CSc3ccccc3)nc12. The normalized spacial score (nSPS) is 11.2. The highest BCUT2D eigenvalue weighted by molar-refractivity contribution is 8.00. The maximum atomic E-state index is 13.3. The van der Waals surface area contributed by atoms with Gasteiger partial charge in [0.05, 0.1) is 28.2 Å². The van der Waals surface area contributed by atoms with Gasteiger partial charge in [0.2, 0.25) is 5.91 Å². The van der Waals surface area contributed by atoms with Crippen LogP contribution in [-0.2, 0) is 11.3 Å². The number of carbonyl (C=O) groups is 1. The molecule has 6 heteroatoms. The van der Waals surface area contributed by atoms with Crippen molar-refractivity contribution in [3.63, 3.8) is 0 Å². The second-order valence-electron chi connectivity index (χ2n) is 7.25. The number of thiazole rings is 1. The van der Waals surface area contributed by atoms with Crippen molar-refractivity contribution in [2.75, 3.05) is 10.7 Å². The van der Waals surface area contributed by atoms with Crippen molar-refractivity contribution in [1.82, 2.24) is 9.97 Å². The van der Waals surface area contributed by atoms with Crippen LogP contribution in [0.15, 0.2) is 77.8 Å². The lowest BCUT2D eigenvalue weighted by Gasteiger charge is -2.19. The standard InChI is InChI=1S/C24H23N3OS2/c1-17(2)20-12-8-13-21-23(20)26-24(30-21)27(15-18-9-6-7-14-25-18)22(28)16-29-19-10-4-3-5-11-19/h3-14,17H,15-16H2,1-2H3. The van der Waals surface area contributed by atoms with Gasteiger partial charge in [-0.05, 0) is 41.8 Å². The predicted molar refractivity (Wildman–Crippen MR) is 126 cm³/mol. The average molecular weight is 434 g/mol. The summed E-state index contributed by atoms with van der Waals surface area (Å²) in [5.41, 5.74) is 3.04. The van der Waals surface area contributed by atoms with Crippen LogP contribution in [0.1, 0.15) is 31.0 Å². The third-order valence-corrected chi connectivity index (χ3v) is 6.79. The van der Waals surface area contributed by atoms with Crippen LogP contribution in [-0.4, -0.2) is 21.6 Å². The van der Waals surface area contributed by atoms with Gasteiger partial charge in [-0.3, -0.25) is 14.7 Å². The third kappa shape index (κ3) is 4.71. The topological polar surface area (TPSA) is 46.1 Å². The molecule has 30 heavy (non-hydrogen) atoms. The molecule has 0 fully saturated rings. The molecule has 4 rings (SSSR count). The lowest BCUT2D eigenvalue weighted by atomic mass is 10.0. The fourth-order valence-corrected chi connectivity index (χ4v) is 5.01. The van der Waals surface area contributed by atoms with E-state index in [1.807, 2.05) is 48.5 Å². The van der Waals surface area contributed by atoms with Gasteiger partial charge < -0.3 is 0 Å². The van der Waals surface area contributed by atoms with E-state index in [1.165, 1.54) is 5.56 Å². The zero-order valence-electron chi connectivity index (χ0n) is 17.0. The average Bonchev–Trinajstić information content (AvgIpc) is 3.21. The fourth-order valence-electron chi connectivity index (χ4n) is 3.20. The van der Waals surface area contributed by atoms with Gasteiger partial charge in [-0.2, -0.15) is 0 Å². The highest BCUT2D eigenvalue weighted by atomic mass is 32.2. The molecule has 0 saturated heterocycles. The summed E-state index contributed by atoms with van der Waals surface area (Å²) in [6.07, 6.45) is 1.76. The number of hydrogen-bond donors (Lipinski definition) is 0. The molecule has 4 nitrogen and oxygen atoms in total. The summed E-state index contributed by atoms with van der Waals surface area (Å²) in [4.78, 5) is 25.4. The summed E-state index contributed by atoms with van der Waals surface area (Å²) in [7, 11) is 0. The number of pyridine rings is 1. The van der Waals surface area contributed by atoms with E-state index in [4.69, 9.17) is 4.98 Å². The van der Waals surface area contributed by atoms with Crippen LogP contribution in [0.4, 0.5) is 5.13 Å². The van der Waals surface area contributed by atoms with Crippen molar-refractivity contribution < 1.29 is 4.79 Å². The zero-order chi connectivity index (χ0) is 20.9. The second kappa shape index (κ2) is 9.41. The molecule has 0 saturated carbocycles. The lowest BCUT2D eigenvalue weighted by Crippen LogP contribution is -2.32. The van der Waals surface area contributed by atoms with Gasteiger partial charge in [0, 0.05) is 11.1 Å². The highest BCUT2D eigenvalue weighted by Gasteiger charge is 2.22. The van der Waals surface area contributed by atoms with Crippen molar-refractivity contribution in [2.45, 2.75) is 31.2 Å². The monoisotopic (exact) mass is 433 g/mol. The largest absolute Gasteiger partial charge is 0.281 e. The highest BCUT2D eigenvalue weighted by Crippen LogP contribution is 2.34. The molecular formula is C24H23N3OS2. The Kier molecular flexibility index (Phi) is 6.45. The summed E-state index contributed by atoms with van der Waals surface area (Å²) >= 11 is 3.11. The number of benzene rings is 2. The maximum absolute atomic E-state index is 13.3. The van der Waals surface area contributed by atoms with Gasteiger partial charge in [0.25, 0.3) is 0 Å². The number of hydrogen-bond acceptors (Lipinski definition) is 5. The Labute approximate surface area is 185 Å². The van der Waals surface area contributed by atoms with Crippen LogP contribution in [0, 0.1) is 0 Å². The van der Waals surface area contributed by atoms with Gasteiger partial charge in [0.15, 0.2) is 5.13 Å². The van der Waals surface area contributed by atoms with E-state index in [0.29, 0.717) is 18.2 Å². The first-order valence-electron chi connectivity index (χ1n) is 9.89. The van der Waals surface area contributed by atoms with E-state index in [2.05, 4.69) is 37.0 Å². The molecule has 0 bridgehead atoms. The number of carbonyl (C=O) groups excluding carboxylic acids is 1. The molecule has 0 aliphatic rings. The van der Waals surface area contributed by atoms with Gasteiger partial charge in [-0.15, -0.1) is 11.8 Å². The molecule has 0 atom stereocenters. The van der Waals surface area contributed by atoms with Crippen molar-refractivity contribution in [3.05, 3.63) is 84.2 Å². The number of nitrogens with zero attached hydrogens (tertiary/aromatic N) is 3. The van der Waals surface area contributed by atoms with E-state index in [9.17, 15) is 4.79 Å². The maximum Gasteiger partial charge on any atom is 0.239 e. The molecule has 4 aromatic rings. The Bertz CT molecular complexity index is 1130. The summed E-state index contributed by atoms with van der Waals surface area (Å²) in [5, 5.41) is 0.724. The van der Waals surface area contributed by atoms with E-state index >= 15 is 0 Å². The number of anilines is 1. The van der Waals surface area contributed by atoms with Crippen LogP contribution in [0.25, 0.3) is 10.2 Å². The quantitative estimate of drug-likeness (QED) is 0.328. The van der Waals surface area contributed by atoms with Gasteiger partial charge in [-0.25, -0.2) is 4.98 Å². The Morgan fingerprint density at radius 2 is 1.83 bits per heavy atom. The smallest absolute Gasteiger partial charge is 0.239 e. The second-order valence-corrected chi connectivity index (χ2v) is 9.31. The number of aromatic nitrogens is 2. The van der Waals surface area contributed by atoms with Crippen LogP contribution in [0.3, 0.4) is 0 Å². The zero-order valence-corrected chi connectivity index (χ0v) is 18.6. The van der Waals surface area contributed by atoms with E-state index in [-0.39, 0.29) is 5.91 Å². The molecule has 0 radical (unpaired) electrons. The summed E-state index contributed by atoms with van der Waals surface area (Å²) < 4.78 is 1.10. The minimum absolute atomic E-state index is 0.0275. The van der Waals surface area contributed by atoms with Gasteiger partial charge in [-0.1, -0.05) is 61.6 Å². The molecule has 2 aromatic heterocycles. The Balaban J connectivity index is 1.65. The molecule has 1 amide bonds. The Hall–Kier alpha value is -2.70. The first kappa shape index (κ1) is 20.6. The van der Waals surface area contributed by atoms with E-state index in [1.54, 1.807) is 34.2 Å². The molecular weight excluding hydrogens is 410 g/mol. The van der Waals surface area contributed by atoms with E-state index in [0.717, 1.165) is 25.9 Å². The first-order chi connectivity index (χ1) is 14.6. The number of rotatable bonds is 7. The molecule has 152 valence electrons. The minimum atomic E-state index is 0.0275. The first-order valence-corrected chi connectivity index (χ1v) is 11.7. The number of fused-ring (bicyclic) bond motifs is 1. The lowest BCUT2D eigenvalue weighted by molar-refractivity contribution is -0.116. The van der Waals surface area contributed by atoms with Crippen molar-refractivity contribution in [2.24, 2.45) is 0 Å². The van der Waals surface area contributed by atoms with Crippen LogP contribution >= 0.6 is 23.1 Å². The Morgan fingerprint density at radius 1 is 1.03 bits per heavy atom. The molecule has 0 aliphatic heterocycles. The molecule has 2 aromatic carbocycles. The molecule has 2 heterocycles. The number of amides is 1. The van der Waals surface area contributed by atoms with Crippen LogP contribution < -0.4 is 4.90 Å². The van der Waals surface area contributed by atoms with Crippen molar-refractivity contribution in [1.29, 1.82) is 0 Å². The third-order valence-electron chi connectivity index (χ3n) is 4.74. The molecule has 0 N–H and O–H groups in total. The predicted octanol–water partition coefficient (Wildman–Crippen LogP) is 6.14.